The van der Waals surface area contributed by atoms with Crippen molar-refractivity contribution in [1.29, 1.82) is 0 Å². The Morgan fingerprint density at radius 3 is 3.08 bits per heavy atom. The van der Waals surface area contributed by atoms with Gasteiger partial charge in [-0.25, -0.2) is 9.78 Å². The van der Waals surface area contributed by atoms with Crippen LogP contribution in [0.25, 0.3) is 11.2 Å². The molecular weight excluding hydrogens is 374 g/mol. The maximum atomic E-state index is 12.6. The maximum absolute atomic E-state index is 12.6. The molecule has 1 fully saturated rings. The lowest BCUT2D eigenvalue weighted by Gasteiger charge is -2.17. The van der Waals surface area contributed by atoms with Gasteiger partial charge in [0, 0.05) is 36.2 Å². The van der Waals surface area contributed by atoms with E-state index in [4.69, 9.17) is 0 Å². The molecular formula is C16H14BrN5O2. The maximum Gasteiger partial charge on any atom is 0.327 e. The van der Waals surface area contributed by atoms with Gasteiger partial charge in [-0.15, -0.1) is 0 Å². The Morgan fingerprint density at radius 2 is 2.25 bits per heavy atom. The number of amides is 1. The first kappa shape index (κ1) is 15.1. The average molecular weight is 388 g/mol. The third kappa shape index (κ3) is 2.52. The van der Waals surface area contributed by atoms with E-state index in [9.17, 15) is 9.59 Å². The second kappa shape index (κ2) is 5.86. The van der Waals surface area contributed by atoms with Crippen LogP contribution < -0.4 is 5.69 Å². The zero-order chi connectivity index (χ0) is 16.7. The summed E-state index contributed by atoms with van der Waals surface area (Å²) in [6, 6.07) is 5.28. The van der Waals surface area contributed by atoms with Crippen LogP contribution in [0.15, 0.2) is 46.1 Å². The second-order valence-electron chi connectivity index (χ2n) is 5.76. The van der Waals surface area contributed by atoms with E-state index in [1.54, 1.807) is 40.2 Å². The van der Waals surface area contributed by atoms with E-state index >= 15 is 0 Å². The summed E-state index contributed by atoms with van der Waals surface area (Å²) >= 11 is 3.33. The van der Waals surface area contributed by atoms with Crippen LogP contribution in [0, 0.1) is 0 Å². The van der Waals surface area contributed by atoms with Gasteiger partial charge in [0.25, 0.3) is 5.91 Å². The molecule has 3 aromatic heterocycles. The molecule has 4 heterocycles. The summed E-state index contributed by atoms with van der Waals surface area (Å²) in [5, 5.41) is 0. The summed E-state index contributed by atoms with van der Waals surface area (Å²) in [6.07, 6.45) is 5.58. The normalized spacial score (nSPS) is 17.5. The lowest BCUT2D eigenvalue weighted by atomic mass is 10.2. The van der Waals surface area contributed by atoms with Gasteiger partial charge < -0.3 is 9.88 Å². The Morgan fingerprint density at radius 1 is 1.38 bits per heavy atom. The van der Waals surface area contributed by atoms with Crippen LogP contribution in [0.1, 0.15) is 22.8 Å². The van der Waals surface area contributed by atoms with Gasteiger partial charge in [0.15, 0.2) is 5.65 Å². The fraction of sp³-hybridized carbons (Fsp3) is 0.250. The number of nitrogens with one attached hydrogen (secondary N) is 1. The molecule has 0 unspecified atom stereocenters. The molecule has 8 heteroatoms. The number of hydrogen-bond acceptors (Lipinski definition) is 4. The first-order chi connectivity index (χ1) is 11.6. The molecule has 0 saturated carbocycles. The van der Waals surface area contributed by atoms with Crippen molar-refractivity contribution >= 4 is 33.0 Å². The molecule has 1 aliphatic heterocycles. The van der Waals surface area contributed by atoms with E-state index in [0.717, 1.165) is 10.9 Å². The standard InChI is InChI=1S/C16H14BrN5O2/c17-11-6-10(7-18-8-11)15(23)21-5-3-12(9-21)22-14-13(20-16(22)24)2-1-4-19-14/h1-2,4,6-8,12H,3,5,9H2,(H,20,24)/t12-/m1/s1. The Balaban J connectivity index is 1.61. The Kier molecular flexibility index (Phi) is 3.68. The third-order valence-corrected chi connectivity index (χ3v) is 4.68. The number of aromatic amines is 1. The summed E-state index contributed by atoms with van der Waals surface area (Å²) in [7, 11) is 0. The van der Waals surface area contributed by atoms with Gasteiger partial charge in [-0.05, 0) is 40.5 Å². The van der Waals surface area contributed by atoms with Gasteiger partial charge >= 0.3 is 5.69 Å². The molecule has 0 spiro atoms. The molecule has 1 N–H and O–H groups in total. The number of rotatable bonds is 2. The zero-order valence-corrected chi connectivity index (χ0v) is 14.2. The summed E-state index contributed by atoms with van der Waals surface area (Å²) in [5.74, 6) is -0.0767. The lowest BCUT2D eigenvalue weighted by molar-refractivity contribution is 0.0787. The van der Waals surface area contributed by atoms with Gasteiger partial charge in [0.1, 0.15) is 0 Å². The largest absolute Gasteiger partial charge is 0.336 e. The molecule has 7 nitrogen and oxygen atoms in total. The monoisotopic (exact) mass is 387 g/mol. The molecule has 3 aromatic rings. The van der Waals surface area contributed by atoms with Crippen LogP contribution in [0.4, 0.5) is 0 Å². The quantitative estimate of drug-likeness (QED) is 0.728. The van der Waals surface area contributed by atoms with E-state index in [2.05, 4.69) is 30.9 Å². The molecule has 0 aliphatic carbocycles. The van der Waals surface area contributed by atoms with Crippen molar-refractivity contribution < 1.29 is 4.79 Å². The highest BCUT2D eigenvalue weighted by atomic mass is 79.9. The topological polar surface area (TPSA) is 83.9 Å². The summed E-state index contributed by atoms with van der Waals surface area (Å²) in [6.45, 7) is 1.08. The van der Waals surface area contributed by atoms with Crippen molar-refractivity contribution in [2.24, 2.45) is 0 Å². The highest BCUT2D eigenvalue weighted by Gasteiger charge is 2.30. The van der Waals surface area contributed by atoms with Gasteiger partial charge in [-0.2, -0.15) is 0 Å². The van der Waals surface area contributed by atoms with E-state index < -0.39 is 0 Å². The van der Waals surface area contributed by atoms with Crippen LogP contribution >= 0.6 is 15.9 Å². The lowest BCUT2D eigenvalue weighted by Crippen LogP contribution is -2.31. The molecule has 122 valence electrons. The Hall–Kier alpha value is -2.48. The Bertz CT molecular complexity index is 980. The molecule has 4 rings (SSSR count). The number of aromatic nitrogens is 4. The number of halogens is 1. The summed E-state index contributed by atoms with van der Waals surface area (Å²) < 4.78 is 2.42. The molecule has 0 radical (unpaired) electrons. The number of pyridine rings is 2. The van der Waals surface area contributed by atoms with Crippen molar-refractivity contribution in [3.8, 4) is 0 Å². The minimum Gasteiger partial charge on any atom is -0.336 e. The highest BCUT2D eigenvalue weighted by Crippen LogP contribution is 2.24. The van der Waals surface area contributed by atoms with Crippen LogP contribution in [-0.4, -0.2) is 43.4 Å². The minimum absolute atomic E-state index is 0.0767. The number of H-pyrrole nitrogens is 1. The van der Waals surface area contributed by atoms with Crippen molar-refractivity contribution in [2.45, 2.75) is 12.5 Å². The van der Waals surface area contributed by atoms with E-state index in [1.807, 2.05) is 6.07 Å². The van der Waals surface area contributed by atoms with Crippen LogP contribution in [-0.2, 0) is 0 Å². The molecule has 0 aromatic carbocycles. The molecule has 1 aliphatic rings. The smallest absolute Gasteiger partial charge is 0.327 e. The van der Waals surface area contributed by atoms with Crippen LogP contribution in [0.2, 0.25) is 0 Å². The number of likely N-dealkylation sites (tertiary alicyclic amines) is 1. The number of nitrogens with zero attached hydrogens (tertiary/aromatic N) is 4. The average Bonchev–Trinajstić information content (AvgIpc) is 3.17. The molecule has 1 saturated heterocycles. The summed E-state index contributed by atoms with van der Waals surface area (Å²) in [4.78, 5) is 37.8. The third-order valence-electron chi connectivity index (χ3n) is 4.24. The minimum atomic E-state index is -0.188. The fourth-order valence-corrected chi connectivity index (χ4v) is 3.51. The van der Waals surface area contributed by atoms with E-state index in [0.29, 0.717) is 29.8 Å². The van der Waals surface area contributed by atoms with Crippen LogP contribution in [0.5, 0.6) is 0 Å². The van der Waals surface area contributed by atoms with E-state index in [-0.39, 0.29) is 17.6 Å². The number of carbonyl (C=O) groups is 1. The fourth-order valence-electron chi connectivity index (χ4n) is 3.15. The van der Waals surface area contributed by atoms with Crippen LogP contribution in [0.3, 0.4) is 0 Å². The molecule has 1 atom stereocenters. The Labute approximate surface area is 145 Å². The van der Waals surface area contributed by atoms with Gasteiger partial charge in [0.05, 0.1) is 17.1 Å². The van der Waals surface area contributed by atoms with E-state index in [1.165, 1.54) is 0 Å². The predicted octanol–water partition coefficient (Wildman–Crippen LogP) is 1.97. The second-order valence-corrected chi connectivity index (χ2v) is 6.68. The van der Waals surface area contributed by atoms with Crippen molar-refractivity contribution in [3.63, 3.8) is 0 Å². The molecule has 0 bridgehead atoms. The number of fused-ring (bicyclic) bond motifs is 1. The molecule has 24 heavy (non-hydrogen) atoms. The summed E-state index contributed by atoms with van der Waals surface area (Å²) in [5.41, 5.74) is 1.69. The first-order valence-corrected chi connectivity index (χ1v) is 8.38. The zero-order valence-electron chi connectivity index (χ0n) is 12.6. The number of carbonyl (C=O) groups excluding carboxylic acids is 1. The van der Waals surface area contributed by atoms with Crippen molar-refractivity contribution in [1.82, 2.24) is 24.4 Å². The van der Waals surface area contributed by atoms with Crippen molar-refractivity contribution in [2.75, 3.05) is 13.1 Å². The molecule has 1 amide bonds. The first-order valence-electron chi connectivity index (χ1n) is 7.58. The highest BCUT2D eigenvalue weighted by molar-refractivity contribution is 9.10. The number of hydrogen-bond donors (Lipinski definition) is 1. The van der Waals surface area contributed by atoms with Gasteiger partial charge in [-0.3, -0.25) is 14.3 Å². The SMILES string of the molecule is O=C(c1cncc(Br)c1)N1CC[C@@H](n2c(=O)[nH]c3cccnc32)C1. The van der Waals surface area contributed by atoms with Gasteiger partial charge in [0.2, 0.25) is 0 Å². The van der Waals surface area contributed by atoms with Crippen molar-refractivity contribution in [3.05, 3.63) is 57.3 Å². The number of imidazole rings is 1. The van der Waals surface area contributed by atoms with Gasteiger partial charge in [-0.1, -0.05) is 0 Å². The predicted molar refractivity (Wildman–Crippen MR) is 91.8 cm³/mol.